The lowest BCUT2D eigenvalue weighted by Gasteiger charge is -2.16. The van der Waals surface area contributed by atoms with E-state index < -0.39 is 0 Å². The quantitative estimate of drug-likeness (QED) is 0.778. The van der Waals surface area contributed by atoms with Crippen molar-refractivity contribution in [2.75, 3.05) is 0 Å². The molecule has 1 aromatic carbocycles. The zero-order chi connectivity index (χ0) is 15.0. The molecule has 2 aromatic heterocycles. The summed E-state index contributed by atoms with van der Waals surface area (Å²) in [6.45, 7) is 3.85. The van der Waals surface area contributed by atoms with E-state index in [9.17, 15) is 4.39 Å². The van der Waals surface area contributed by atoms with Gasteiger partial charge >= 0.3 is 0 Å². The van der Waals surface area contributed by atoms with Gasteiger partial charge in [-0.1, -0.05) is 6.07 Å². The van der Waals surface area contributed by atoms with E-state index in [4.69, 9.17) is 5.73 Å². The molecule has 2 heterocycles. The van der Waals surface area contributed by atoms with Crippen LogP contribution in [-0.2, 0) is 0 Å². The fourth-order valence-corrected chi connectivity index (χ4v) is 2.63. The molecule has 0 saturated carbocycles. The standard InChI is InChI=1S/C17H16FN3/c1-10-16(15-5-3-4-8-20-15)13-9-12(18)6-7-14(13)21-17(10)11(2)19/h3-9,11H,19H2,1-2H3. The van der Waals surface area contributed by atoms with Crippen LogP contribution < -0.4 is 5.73 Å². The number of hydrogen-bond donors (Lipinski definition) is 1. The highest BCUT2D eigenvalue weighted by Gasteiger charge is 2.16. The number of benzene rings is 1. The van der Waals surface area contributed by atoms with Gasteiger partial charge in [-0.25, -0.2) is 4.39 Å². The van der Waals surface area contributed by atoms with E-state index in [-0.39, 0.29) is 11.9 Å². The Balaban J connectivity index is 2.44. The number of fused-ring (bicyclic) bond motifs is 1. The smallest absolute Gasteiger partial charge is 0.123 e. The van der Waals surface area contributed by atoms with Gasteiger partial charge in [-0.3, -0.25) is 9.97 Å². The van der Waals surface area contributed by atoms with Gasteiger partial charge < -0.3 is 5.73 Å². The van der Waals surface area contributed by atoms with Crippen molar-refractivity contribution < 1.29 is 4.39 Å². The maximum Gasteiger partial charge on any atom is 0.123 e. The van der Waals surface area contributed by atoms with Gasteiger partial charge in [0.2, 0.25) is 0 Å². The van der Waals surface area contributed by atoms with E-state index in [0.717, 1.165) is 33.4 Å². The highest BCUT2D eigenvalue weighted by Crippen LogP contribution is 2.33. The van der Waals surface area contributed by atoms with Crippen LogP contribution in [0.15, 0.2) is 42.6 Å². The minimum atomic E-state index is -0.283. The zero-order valence-electron chi connectivity index (χ0n) is 12.0. The monoisotopic (exact) mass is 281 g/mol. The highest BCUT2D eigenvalue weighted by atomic mass is 19.1. The fourth-order valence-electron chi connectivity index (χ4n) is 2.63. The Hall–Kier alpha value is -2.33. The predicted molar refractivity (Wildman–Crippen MR) is 82.3 cm³/mol. The summed E-state index contributed by atoms with van der Waals surface area (Å²) in [5, 5.41) is 0.760. The lowest BCUT2D eigenvalue weighted by molar-refractivity contribution is 0.629. The first-order chi connectivity index (χ1) is 10.1. The van der Waals surface area contributed by atoms with Crippen LogP contribution in [-0.4, -0.2) is 9.97 Å². The first kappa shape index (κ1) is 13.6. The van der Waals surface area contributed by atoms with Crippen molar-refractivity contribution >= 4 is 10.9 Å². The van der Waals surface area contributed by atoms with E-state index in [1.54, 1.807) is 12.3 Å². The Morgan fingerprint density at radius 3 is 2.67 bits per heavy atom. The van der Waals surface area contributed by atoms with Crippen molar-refractivity contribution in [1.29, 1.82) is 0 Å². The van der Waals surface area contributed by atoms with Gasteiger partial charge in [-0.2, -0.15) is 0 Å². The molecule has 106 valence electrons. The van der Waals surface area contributed by atoms with Gasteiger partial charge in [0.1, 0.15) is 5.82 Å². The van der Waals surface area contributed by atoms with Crippen LogP contribution in [0.3, 0.4) is 0 Å². The molecule has 0 bridgehead atoms. The maximum absolute atomic E-state index is 13.7. The molecule has 0 radical (unpaired) electrons. The number of hydrogen-bond acceptors (Lipinski definition) is 3. The lowest BCUT2D eigenvalue weighted by Crippen LogP contribution is -2.11. The van der Waals surface area contributed by atoms with Crippen LogP contribution in [0.4, 0.5) is 4.39 Å². The summed E-state index contributed by atoms with van der Waals surface area (Å²) in [6, 6.07) is 10.1. The molecule has 0 amide bonds. The van der Waals surface area contributed by atoms with Crippen molar-refractivity contribution in [2.24, 2.45) is 5.73 Å². The molecule has 0 saturated heterocycles. The van der Waals surface area contributed by atoms with Gasteiger partial charge in [0, 0.05) is 23.2 Å². The second kappa shape index (κ2) is 5.22. The van der Waals surface area contributed by atoms with E-state index in [1.165, 1.54) is 12.1 Å². The van der Waals surface area contributed by atoms with Crippen molar-refractivity contribution in [2.45, 2.75) is 19.9 Å². The van der Waals surface area contributed by atoms with E-state index in [0.29, 0.717) is 0 Å². The largest absolute Gasteiger partial charge is 0.323 e. The third-order valence-corrected chi connectivity index (χ3v) is 3.58. The Morgan fingerprint density at radius 2 is 2.00 bits per heavy atom. The molecule has 3 nitrogen and oxygen atoms in total. The van der Waals surface area contributed by atoms with Gasteiger partial charge in [-0.15, -0.1) is 0 Å². The van der Waals surface area contributed by atoms with Crippen LogP contribution in [0.5, 0.6) is 0 Å². The van der Waals surface area contributed by atoms with E-state index >= 15 is 0 Å². The number of halogens is 1. The Morgan fingerprint density at radius 1 is 1.19 bits per heavy atom. The van der Waals surface area contributed by atoms with E-state index in [1.807, 2.05) is 32.0 Å². The normalized spacial score (nSPS) is 12.6. The second-order valence-corrected chi connectivity index (χ2v) is 5.16. The van der Waals surface area contributed by atoms with Crippen LogP contribution >= 0.6 is 0 Å². The summed E-state index contributed by atoms with van der Waals surface area (Å²) in [5.41, 5.74) is 10.2. The molecular weight excluding hydrogens is 265 g/mol. The zero-order valence-corrected chi connectivity index (χ0v) is 12.0. The summed E-state index contributed by atoms with van der Waals surface area (Å²) in [4.78, 5) is 8.98. The molecule has 0 fully saturated rings. The Labute approximate surface area is 122 Å². The number of pyridine rings is 2. The molecule has 2 N–H and O–H groups in total. The summed E-state index contributed by atoms with van der Waals surface area (Å²) >= 11 is 0. The van der Waals surface area contributed by atoms with Gasteiger partial charge in [0.25, 0.3) is 0 Å². The molecule has 4 heteroatoms. The third-order valence-electron chi connectivity index (χ3n) is 3.58. The highest BCUT2D eigenvalue weighted by molar-refractivity contribution is 5.95. The molecular formula is C17H16FN3. The molecule has 3 aromatic rings. The number of nitrogens with two attached hydrogens (primary N) is 1. The first-order valence-electron chi connectivity index (χ1n) is 6.84. The second-order valence-electron chi connectivity index (χ2n) is 5.16. The summed E-state index contributed by atoms with van der Waals surface area (Å²) in [6.07, 6.45) is 1.73. The van der Waals surface area contributed by atoms with Crippen LogP contribution in [0, 0.1) is 12.7 Å². The third kappa shape index (κ3) is 2.38. The van der Waals surface area contributed by atoms with Crippen molar-refractivity contribution in [1.82, 2.24) is 9.97 Å². The minimum Gasteiger partial charge on any atom is -0.323 e. The molecule has 0 aliphatic carbocycles. The fraction of sp³-hybridized carbons (Fsp3) is 0.176. The molecule has 0 aliphatic heterocycles. The first-order valence-corrected chi connectivity index (χ1v) is 6.84. The average Bonchev–Trinajstić information content (AvgIpc) is 2.47. The minimum absolute atomic E-state index is 0.193. The van der Waals surface area contributed by atoms with Crippen molar-refractivity contribution in [3.8, 4) is 11.3 Å². The average molecular weight is 281 g/mol. The summed E-state index contributed by atoms with van der Waals surface area (Å²) in [5.74, 6) is -0.283. The Kier molecular flexibility index (Phi) is 3.39. The van der Waals surface area contributed by atoms with Crippen molar-refractivity contribution in [3.05, 3.63) is 59.7 Å². The van der Waals surface area contributed by atoms with Crippen molar-refractivity contribution in [3.63, 3.8) is 0 Å². The Bertz CT molecular complexity index is 798. The molecule has 0 spiro atoms. The molecule has 21 heavy (non-hydrogen) atoms. The number of aromatic nitrogens is 2. The topological polar surface area (TPSA) is 51.8 Å². The van der Waals surface area contributed by atoms with Gasteiger partial charge in [0.05, 0.1) is 16.9 Å². The number of rotatable bonds is 2. The SMILES string of the molecule is Cc1c(C(C)N)nc2ccc(F)cc2c1-c1ccccn1. The maximum atomic E-state index is 13.7. The van der Waals surface area contributed by atoms with E-state index in [2.05, 4.69) is 9.97 Å². The molecule has 1 atom stereocenters. The summed E-state index contributed by atoms with van der Waals surface area (Å²) < 4.78 is 13.7. The molecule has 3 rings (SSSR count). The molecule has 0 aliphatic rings. The van der Waals surface area contributed by atoms with Crippen LogP contribution in [0.1, 0.15) is 24.2 Å². The lowest BCUT2D eigenvalue weighted by atomic mass is 9.96. The number of nitrogens with zero attached hydrogens (tertiary/aromatic N) is 2. The van der Waals surface area contributed by atoms with Crippen LogP contribution in [0.2, 0.25) is 0 Å². The predicted octanol–water partition coefficient (Wildman–Crippen LogP) is 3.76. The summed E-state index contributed by atoms with van der Waals surface area (Å²) in [7, 11) is 0. The van der Waals surface area contributed by atoms with Crippen LogP contribution in [0.25, 0.3) is 22.2 Å². The molecule has 1 unspecified atom stereocenters. The van der Waals surface area contributed by atoms with Gasteiger partial charge in [-0.05, 0) is 49.7 Å². The van der Waals surface area contributed by atoms with Gasteiger partial charge in [0.15, 0.2) is 0 Å².